The number of hydrogen-bond donors (Lipinski definition) is 1. The van der Waals surface area contributed by atoms with Gasteiger partial charge >= 0.3 is 0 Å². The van der Waals surface area contributed by atoms with Crippen molar-refractivity contribution in [1.29, 1.82) is 0 Å². The van der Waals surface area contributed by atoms with Crippen molar-refractivity contribution in [3.05, 3.63) is 41.7 Å². The minimum Gasteiger partial charge on any atom is -0.368 e. The zero-order valence-corrected chi connectivity index (χ0v) is 18.7. The van der Waals surface area contributed by atoms with Gasteiger partial charge in [0.05, 0.1) is 11.3 Å². The van der Waals surface area contributed by atoms with Crippen molar-refractivity contribution < 1.29 is 4.39 Å². The Balaban J connectivity index is 2.01. The summed E-state index contributed by atoms with van der Waals surface area (Å²) in [5.74, 6) is 1.66. The number of aromatic nitrogens is 6. The fourth-order valence-corrected chi connectivity index (χ4v) is 3.60. The van der Waals surface area contributed by atoms with Gasteiger partial charge in [-0.2, -0.15) is 15.0 Å². The van der Waals surface area contributed by atoms with Gasteiger partial charge in [-0.05, 0) is 52.2 Å². The molecule has 0 unspecified atom stereocenters. The highest BCUT2D eigenvalue weighted by Crippen LogP contribution is 2.35. The molecule has 0 aliphatic carbocycles. The maximum absolute atomic E-state index is 13.5. The highest BCUT2D eigenvalue weighted by Gasteiger charge is 2.24. The van der Waals surface area contributed by atoms with E-state index in [1.807, 2.05) is 51.5 Å². The van der Waals surface area contributed by atoms with Crippen molar-refractivity contribution in [3.63, 3.8) is 0 Å². The third kappa shape index (κ3) is 4.68. The van der Waals surface area contributed by atoms with Crippen LogP contribution in [-0.4, -0.2) is 62.8 Å². The topological polar surface area (TPSA) is 102 Å². The maximum Gasteiger partial charge on any atom is 0.229 e. The first-order chi connectivity index (χ1) is 14.2. The van der Waals surface area contributed by atoms with Gasteiger partial charge in [-0.1, -0.05) is 11.8 Å². The van der Waals surface area contributed by atoms with Crippen LogP contribution in [0.2, 0.25) is 0 Å². The predicted octanol–water partition coefficient (Wildman–Crippen LogP) is 2.72. The number of nitrogens with zero attached hydrogens (tertiary/aromatic N) is 8. The molecule has 0 spiro atoms. The lowest BCUT2D eigenvalue weighted by Crippen LogP contribution is -2.20. The minimum atomic E-state index is -0.298. The van der Waals surface area contributed by atoms with E-state index < -0.39 is 0 Å². The predicted molar refractivity (Wildman–Crippen MR) is 116 cm³/mol. The van der Waals surface area contributed by atoms with Gasteiger partial charge in [0.25, 0.3) is 0 Å². The average molecular weight is 432 g/mol. The summed E-state index contributed by atoms with van der Waals surface area (Å²) in [4.78, 5) is 16.7. The molecular formula is C19H26FN9S. The fraction of sp³-hybridized carbons (Fsp3) is 0.421. The van der Waals surface area contributed by atoms with Crippen LogP contribution in [0.3, 0.4) is 0 Å². The van der Waals surface area contributed by atoms with Gasteiger partial charge in [-0.25, -0.2) is 4.39 Å². The maximum atomic E-state index is 13.5. The molecule has 0 aliphatic rings. The first kappa shape index (κ1) is 21.9. The number of hydrogen-bond acceptors (Lipinski definition) is 9. The lowest BCUT2D eigenvalue weighted by molar-refractivity contribution is 0.305. The first-order valence-electron chi connectivity index (χ1n) is 9.40. The van der Waals surface area contributed by atoms with Crippen molar-refractivity contribution in [2.75, 3.05) is 38.8 Å². The Bertz CT molecular complexity index is 1000. The van der Waals surface area contributed by atoms with E-state index >= 15 is 0 Å². The molecule has 0 radical (unpaired) electrons. The van der Waals surface area contributed by atoms with Crippen LogP contribution in [0.15, 0.2) is 29.4 Å². The van der Waals surface area contributed by atoms with Gasteiger partial charge in [-0.15, -0.1) is 10.2 Å². The summed E-state index contributed by atoms with van der Waals surface area (Å²) >= 11 is 1.45. The summed E-state index contributed by atoms with van der Waals surface area (Å²) in [6.07, 6.45) is 0. The summed E-state index contributed by atoms with van der Waals surface area (Å²) in [5.41, 5.74) is 6.65. The van der Waals surface area contributed by atoms with E-state index in [1.54, 1.807) is 17.0 Å². The number of thioether (sulfide) groups is 1. The molecule has 0 amide bonds. The molecule has 0 bridgehead atoms. The smallest absolute Gasteiger partial charge is 0.229 e. The Labute approximate surface area is 179 Å². The number of halogens is 1. The van der Waals surface area contributed by atoms with E-state index in [0.717, 1.165) is 11.5 Å². The van der Waals surface area contributed by atoms with Crippen molar-refractivity contribution >= 4 is 23.7 Å². The number of nitrogen functional groups attached to an aromatic ring is 1. The molecule has 9 nitrogen and oxygen atoms in total. The minimum absolute atomic E-state index is 0.000345. The van der Waals surface area contributed by atoms with Crippen molar-refractivity contribution in [3.8, 4) is 5.69 Å². The Morgan fingerprint density at radius 2 is 1.67 bits per heavy atom. The lowest BCUT2D eigenvalue weighted by atomic mass is 10.2. The third-order valence-electron chi connectivity index (χ3n) is 4.60. The van der Waals surface area contributed by atoms with Crippen LogP contribution in [0.1, 0.15) is 36.8 Å². The van der Waals surface area contributed by atoms with Crippen molar-refractivity contribution in [2.45, 2.75) is 30.3 Å². The fourth-order valence-electron chi connectivity index (χ4n) is 2.68. The quantitative estimate of drug-likeness (QED) is 0.566. The van der Waals surface area contributed by atoms with Gasteiger partial charge in [0.2, 0.25) is 11.9 Å². The van der Waals surface area contributed by atoms with Gasteiger partial charge in [0.15, 0.2) is 11.0 Å². The molecule has 0 saturated carbocycles. The highest BCUT2D eigenvalue weighted by atomic mass is 32.2. The normalized spacial score (nSPS) is 13.5. The number of rotatable bonds is 7. The third-order valence-corrected chi connectivity index (χ3v) is 5.63. The van der Waals surface area contributed by atoms with E-state index in [0.29, 0.717) is 16.9 Å². The second-order valence-electron chi connectivity index (χ2n) is 7.30. The molecule has 11 heteroatoms. The molecule has 3 rings (SSSR count). The van der Waals surface area contributed by atoms with Crippen LogP contribution < -0.4 is 10.6 Å². The summed E-state index contributed by atoms with van der Waals surface area (Å²) in [6.45, 7) is 4.01. The van der Waals surface area contributed by atoms with Gasteiger partial charge in [0.1, 0.15) is 11.6 Å². The average Bonchev–Trinajstić information content (AvgIpc) is 3.10. The van der Waals surface area contributed by atoms with Gasteiger partial charge < -0.3 is 10.6 Å². The van der Waals surface area contributed by atoms with Crippen molar-refractivity contribution in [1.82, 2.24) is 34.6 Å². The standard InChI is InChI=1S/C19H26FN9S/c1-11(27(3)4)16-25-26-19(29(16)14-9-7-13(20)8-10-14)30-12(2)15-22-17(21)24-18(23-15)28(5)6/h7-12H,1-6H3,(H2,21,22,23,24)/t11-,12-/m0/s1. The molecule has 0 saturated heterocycles. The molecular weight excluding hydrogens is 405 g/mol. The molecule has 0 fully saturated rings. The summed E-state index contributed by atoms with van der Waals surface area (Å²) < 4.78 is 15.4. The van der Waals surface area contributed by atoms with E-state index in [9.17, 15) is 4.39 Å². The molecule has 160 valence electrons. The molecule has 2 heterocycles. The molecule has 2 aromatic heterocycles. The van der Waals surface area contributed by atoms with Crippen LogP contribution in [0, 0.1) is 5.82 Å². The molecule has 0 aliphatic heterocycles. The van der Waals surface area contributed by atoms with Crippen LogP contribution in [0.4, 0.5) is 16.3 Å². The zero-order chi connectivity index (χ0) is 22.0. The van der Waals surface area contributed by atoms with Crippen molar-refractivity contribution in [2.24, 2.45) is 0 Å². The summed E-state index contributed by atoms with van der Waals surface area (Å²) in [5, 5.41) is 9.31. The van der Waals surface area contributed by atoms with Crippen LogP contribution >= 0.6 is 11.8 Å². The number of nitrogens with two attached hydrogens (primary N) is 1. The second kappa shape index (κ2) is 8.92. The molecule has 2 N–H and O–H groups in total. The SMILES string of the molecule is C[C@H](Sc1nnc([C@H](C)N(C)C)n1-c1ccc(F)cc1)c1nc(N)nc(N(C)C)n1. The zero-order valence-electron chi connectivity index (χ0n) is 17.9. The lowest BCUT2D eigenvalue weighted by Gasteiger charge is -2.21. The number of anilines is 2. The van der Waals surface area contributed by atoms with E-state index in [4.69, 9.17) is 5.73 Å². The Morgan fingerprint density at radius 1 is 1.00 bits per heavy atom. The van der Waals surface area contributed by atoms with Crippen LogP contribution in [0.5, 0.6) is 0 Å². The van der Waals surface area contributed by atoms with E-state index in [2.05, 4.69) is 25.1 Å². The second-order valence-corrected chi connectivity index (χ2v) is 8.61. The molecule has 30 heavy (non-hydrogen) atoms. The van der Waals surface area contributed by atoms with Crippen LogP contribution in [-0.2, 0) is 0 Å². The molecule has 1 aromatic carbocycles. The molecule has 3 aromatic rings. The number of benzene rings is 1. The first-order valence-corrected chi connectivity index (χ1v) is 10.3. The summed E-state index contributed by atoms with van der Waals surface area (Å²) in [6, 6.07) is 6.27. The van der Waals surface area contributed by atoms with E-state index in [1.165, 1.54) is 23.9 Å². The Kier molecular flexibility index (Phi) is 6.52. The Hall–Kier alpha value is -2.79. The van der Waals surface area contributed by atoms with Crippen LogP contribution in [0.25, 0.3) is 5.69 Å². The summed E-state index contributed by atoms with van der Waals surface area (Å²) in [7, 11) is 7.63. The highest BCUT2D eigenvalue weighted by molar-refractivity contribution is 7.99. The van der Waals surface area contributed by atoms with Gasteiger partial charge in [0, 0.05) is 19.8 Å². The van der Waals surface area contributed by atoms with Gasteiger partial charge in [-0.3, -0.25) is 9.47 Å². The monoisotopic (exact) mass is 431 g/mol. The van der Waals surface area contributed by atoms with E-state index in [-0.39, 0.29) is 23.1 Å². The Morgan fingerprint density at radius 3 is 2.27 bits per heavy atom. The molecule has 2 atom stereocenters. The largest absolute Gasteiger partial charge is 0.368 e.